The van der Waals surface area contributed by atoms with E-state index in [4.69, 9.17) is 4.52 Å². The van der Waals surface area contributed by atoms with Crippen LogP contribution in [0.3, 0.4) is 0 Å². The number of fused-ring (bicyclic) bond motifs is 1. The fraction of sp³-hybridized carbons (Fsp3) is 0.750. The molecule has 2 aliphatic carbocycles. The standard InChI is InChI=1S/C20H28N6O2S/c1-11(2)7-17-23-24-20(29-17)26-6-5-13-8-14(15(13)10-26)19(27)21-9-16-22-18(25-28-16)12-3-4-12/h11-15H,3-10H2,1-2H3,(H,21,27)/t13-,14-,15-/m1/s1. The van der Waals surface area contributed by atoms with Crippen LogP contribution in [-0.4, -0.2) is 39.3 Å². The van der Waals surface area contributed by atoms with E-state index in [0.717, 1.165) is 61.2 Å². The highest BCUT2D eigenvalue weighted by molar-refractivity contribution is 7.15. The smallest absolute Gasteiger partial charge is 0.246 e. The number of hydrogen-bond acceptors (Lipinski definition) is 8. The zero-order valence-corrected chi connectivity index (χ0v) is 17.8. The number of nitrogens with one attached hydrogen (secondary N) is 1. The van der Waals surface area contributed by atoms with Gasteiger partial charge in [0.2, 0.25) is 16.9 Å². The van der Waals surface area contributed by atoms with Gasteiger partial charge in [-0.3, -0.25) is 4.79 Å². The molecule has 29 heavy (non-hydrogen) atoms. The molecular weight excluding hydrogens is 388 g/mol. The zero-order chi connectivity index (χ0) is 20.0. The van der Waals surface area contributed by atoms with E-state index in [2.05, 4.69) is 44.4 Å². The van der Waals surface area contributed by atoms with E-state index in [1.807, 2.05) is 0 Å². The van der Waals surface area contributed by atoms with E-state index < -0.39 is 0 Å². The van der Waals surface area contributed by atoms with Crippen molar-refractivity contribution in [1.29, 1.82) is 0 Å². The molecular formula is C20H28N6O2S. The van der Waals surface area contributed by atoms with Crippen LogP contribution >= 0.6 is 11.3 Å². The molecule has 3 atom stereocenters. The summed E-state index contributed by atoms with van der Waals surface area (Å²) in [5, 5.41) is 17.9. The van der Waals surface area contributed by atoms with E-state index >= 15 is 0 Å². The Morgan fingerprint density at radius 1 is 1.31 bits per heavy atom. The van der Waals surface area contributed by atoms with Crippen LogP contribution in [0, 0.1) is 23.7 Å². The number of nitrogens with zero attached hydrogens (tertiary/aromatic N) is 5. The average Bonchev–Trinajstić information content (AvgIpc) is 3.24. The number of hydrogen-bond donors (Lipinski definition) is 1. The van der Waals surface area contributed by atoms with Crippen molar-refractivity contribution in [3.63, 3.8) is 0 Å². The van der Waals surface area contributed by atoms with Gasteiger partial charge in [0.05, 0.1) is 6.54 Å². The molecule has 5 rings (SSSR count). The van der Waals surface area contributed by atoms with Crippen LogP contribution in [0.1, 0.15) is 62.2 Å². The summed E-state index contributed by atoms with van der Waals surface area (Å²) in [6.45, 7) is 6.63. The van der Waals surface area contributed by atoms with Gasteiger partial charge in [-0.1, -0.05) is 30.3 Å². The Labute approximate surface area is 174 Å². The van der Waals surface area contributed by atoms with Gasteiger partial charge in [0, 0.05) is 31.3 Å². The number of amides is 1. The van der Waals surface area contributed by atoms with Gasteiger partial charge in [-0.2, -0.15) is 4.98 Å². The second kappa shape index (κ2) is 7.66. The first-order valence-electron chi connectivity index (χ1n) is 10.7. The summed E-state index contributed by atoms with van der Waals surface area (Å²) >= 11 is 1.70. The second-order valence-electron chi connectivity index (χ2n) is 9.12. The SMILES string of the molecule is CC(C)Cc1nnc(N2CC[C@@H]3C[C@@H](C(=O)NCc4nc(C5CC5)no4)[C@@H]3C2)s1. The highest BCUT2D eigenvalue weighted by Crippen LogP contribution is 2.46. The van der Waals surface area contributed by atoms with Crippen LogP contribution in [0.25, 0.3) is 0 Å². The summed E-state index contributed by atoms with van der Waals surface area (Å²) in [5.74, 6) is 3.56. The molecule has 2 aromatic rings. The molecule has 3 heterocycles. The van der Waals surface area contributed by atoms with Gasteiger partial charge in [-0.15, -0.1) is 10.2 Å². The minimum absolute atomic E-state index is 0.0664. The molecule has 0 aromatic carbocycles. The van der Waals surface area contributed by atoms with Crippen molar-refractivity contribution in [3.05, 3.63) is 16.7 Å². The lowest BCUT2D eigenvalue weighted by molar-refractivity contribution is -0.134. The first kappa shape index (κ1) is 19.0. The molecule has 1 saturated heterocycles. The maximum Gasteiger partial charge on any atom is 0.246 e. The number of carbonyl (C=O) groups is 1. The van der Waals surface area contributed by atoms with Gasteiger partial charge in [0.25, 0.3) is 0 Å². The normalized spacial score (nSPS) is 26.3. The van der Waals surface area contributed by atoms with Gasteiger partial charge in [-0.05, 0) is 43.4 Å². The first-order chi connectivity index (χ1) is 14.1. The molecule has 3 fully saturated rings. The lowest BCUT2D eigenvalue weighted by atomic mass is 9.61. The van der Waals surface area contributed by atoms with Crippen LogP contribution in [0.15, 0.2) is 4.52 Å². The largest absolute Gasteiger partial charge is 0.347 e. The minimum Gasteiger partial charge on any atom is -0.347 e. The molecule has 3 aliphatic rings. The fourth-order valence-corrected chi connectivity index (χ4v) is 5.59. The zero-order valence-electron chi connectivity index (χ0n) is 17.0. The summed E-state index contributed by atoms with van der Waals surface area (Å²) in [4.78, 5) is 19.4. The molecule has 0 bridgehead atoms. The van der Waals surface area contributed by atoms with Crippen molar-refractivity contribution in [2.45, 2.75) is 58.4 Å². The Morgan fingerprint density at radius 2 is 2.17 bits per heavy atom. The maximum atomic E-state index is 12.7. The summed E-state index contributed by atoms with van der Waals surface area (Å²) < 4.78 is 5.26. The molecule has 1 N–H and O–H groups in total. The van der Waals surface area contributed by atoms with Crippen LogP contribution in [0.4, 0.5) is 5.13 Å². The molecule has 9 heteroatoms. The highest BCUT2D eigenvalue weighted by atomic mass is 32.1. The van der Waals surface area contributed by atoms with E-state index in [0.29, 0.717) is 36.1 Å². The summed E-state index contributed by atoms with van der Waals surface area (Å²) in [5.41, 5.74) is 0. The quantitative estimate of drug-likeness (QED) is 0.741. The molecule has 1 amide bonds. The van der Waals surface area contributed by atoms with Gasteiger partial charge >= 0.3 is 0 Å². The first-order valence-corrected chi connectivity index (χ1v) is 11.6. The lowest BCUT2D eigenvalue weighted by Crippen LogP contribution is -2.55. The van der Waals surface area contributed by atoms with Crippen LogP contribution < -0.4 is 10.2 Å². The van der Waals surface area contributed by atoms with Gasteiger partial charge in [0.1, 0.15) is 5.01 Å². The third-order valence-electron chi connectivity index (χ3n) is 6.37. The van der Waals surface area contributed by atoms with Gasteiger partial charge < -0.3 is 14.7 Å². The lowest BCUT2D eigenvalue weighted by Gasteiger charge is -2.50. The Bertz CT molecular complexity index is 876. The predicted octanol–water partition coefficient (Wildman–Crippen LogP) is 2.78. The highest BCUT2D eigenvalue weighted by Gasteiger charge is 2.48. The summed E-state index contributed by atoms with van der Waals surface area (Å²) in [7, 11) is 0. The molecule has 0 radical (unpaired) electrons. The molecule has 0 spiro atoms. The van der Waals surface area contributed by atoms with Crippen molar-refractivity contribution in [2.24, 2.45) is 23.7 Å². The van der Waals surface area contributed by atoms with E-state index in [1.54, 1.807) is 11.3 Å². The third kappa shape index (κ3) is 4.01. The molecule has 8 nitrogen and oxygen atoms in total. The van der Waals surface area contributed by atoms with Crippen molar-refractivity contribution < 1.29 is 9.32 Å². The van der Waals surface area contributed by atoms with Crippen LogP contribution in [-0.2, 0) is 17.8 Å². The summed E-state index contributed by atoms with van der Waals surface area (Å²) in [6.07, 6.45) is 5.36. The Hall–Kier alpha value is -2.03. The molecule has 156 valence electrons. The molecule has 2 aromatic heterocycles. The molecule has 2 saturated carbocycles. The number of carbonyl (C=O) groups excluding carboxylic acids is 1. The molecule has 0 unspecified atom stereocenters. The van der Waals surface area contributed by atoms with E-state index in [9.17, 15) is 4.79 Å². The average molecular weight is 417 g/mol. The van der Waals surface area contributed by atoms with Gasteiger partial charge in [-0.25, -0.2) is 0 Å². The number of rotatable bonds is 7. The Kier molecular flexibility index (Phi) is 5.01. The predicted molar refractivity (Wildman–Crippen MR) is 108 cm³/mol. The maximum absolute atomic E-state index is 12.7. The van der Waals surface area contributed by atoms with E-state index in [-0.39, 0.29) is 11.8 Å². The van der Waals surface area contributed by atoms with Crippen molar-refractivity contribution >= 4 is 22.4 Å². The van der Waals surface area contributed by atoms with Crippen molar-refractivity contribution in [1.82, 2.24) is 25.7 Å². The topological polar surface area (TPSA) is 97.0 Å². The Balaban J connectivity index is 1.15. The number of aromatic nitrogens is 4. The second-order valence-corrected chi connectivity index (χ2v) is 10.2. The third-order valence-corrected chi connectivity index (χ3v) is 7.37. The minimum atomic E-state index is 0.0664. The van der Waals surface area contributed by atoms with Crippen molar-refractivity contribution in [3.8, 4) is 0 Å². The number of piperidine rings is 1. The number of anilines is 1. The van der Waals surface area contributed by atoms with Crippen molar-refractivity contribution in [2.75, 3.05) is 18.0 Å². The summed E-state index contributed by atoms with van der Waals surface area (Å²) in [6, 6.07) is 0. The molecule has 1 aliphatic heterocycles. The van der Waals surface area contributed by atoms with Crippen LogP contribution in [0.5, 0.6) is 0 Å². The fourth-order valence-electron chi connectivity index (χ4n) is 4.50. The van der Waals surface area contributed by atoms with E-state index in [1.165, 1.54) is 0 Å². The Morgan fingerprint density at radius 3 is 2.97 bits per heavy atom. The monoisotopic (exact) mass is 416 g/mol. The van der Waals surface area contributed by atoms with Crippen LogP contribution in [0.2, 0.25) is 0 Å². The van der Waals surface area contributed by atoms with Gasteiger partial charge in [0.15, 0.2) is 5.82 Å².